The van der Waals surface area contributed by atoms with Crippen LogP contribution in [0.15, 0.2) is 0 Å². The molecule has 0 aromatic carbocycles. The van der Waals surface area contributed by atoms with Gasteiger partial charge < -0.3 is 5.32 Å². The molecule has 1 N–H and O–H groups in total. The van der Waals surface area contributed by atoms with Crippen molar-refractivity contribution in [3.63, 3.8) is 0 Å². The second-order valence-electron chi connectivity index (χ2n) is 4.53. The number of nitrogens with one attached hydrogen (secondary N) is 1. The maximum absolute atomic E-state index is 10.9. The molecular weight excluding hydrogens is 242 g/mol. The Morgan fingerprint density at radius 2 is 1.94 bits per heavy atom. The molecule has 1 saturated carbocycles. The minimum Gasteiger partial charge on any atom is -0.314 e. The largest absolute Gasteiger partial charge is 0.314 e. The van der Waals surface area contributed by atoms with E-state index in [1.807, 2.05) is 0 Å². The summed E-state index contributed by atoms with van der Waals surface area (Å²) in [6.07, 6.45) is 7.87. The molecule has 0 spiro atoms. The topological polar surface area (TPSA) is 46.2 Å². The van der Waals surface area contributed by atoms with E-state index in [2.05, 4.69) is 5.32 Å². The van der Waals surface area contributed by atoms with Gasteiger partial charge in [0.25, 0.3) is 0 Å². The van der Waals surface area contributed by atoms with Gasteiger partial charge in [-0.1, -0.05) is 12.8 Å². The minimum atomic E-state index is -2.77. The van der Waals surface area contributed by atoms with Crippen molar-refractivity contribution in [3.05, 3.63) is 0 Å². The number of sulfone groups is 1. The van der Waals surface area contributed by atoms with Crippen LogP contribution in [0, 0.1) is 0 Å². The predicted octanol–water partition coefficient (Wildman–Crippen LogP) is 1.69. The molecule has 0 aliphatic heterocycles. The number of thioether (sulfide) groups is 1. The molecule has 5 heteroatoms. The molecule has 3 nitrogen and oxygen atoms in total. The van der Waals surface area contributed by atoms with Gasteiger partial charge in [0, 0.05) is 18.1 Å². The summed E-state index contributed by atoms with van der Waals surface area (Å²) in [5, 5.41) is 3.56. The zero-order chi connectivity index (χ0) is 11.9. The van der Waals surface area contributed by atoms with Gasteiger partial charge in [-0.15, -0.1) is 0 Å². The Balaban J connectivity index is 1.84. The molecule has 0 unspecified atom stereocenters. The van der Waals surface area contributed by atoms with Crippen LogP contribution < -0.4 is 5.32 Å². The second kappa shape index (κ2) is 7.56. The van der Waals surface area contributed by atoms with Gasteiger partial charge >= 0.3 is 0 Å². The Morgan fingerprint density at radius 1 is 1.25 bits per heavy atom. The molecule has 1 aliphatic rings. The molecule has 0 saturated heterocycles. The number of hydrogen-bond donors (Lipinski definition) is 1. The van der Waals surface area contributed by atoms with Crippen LogP contribution >= 0.6 is 11.8 Å². The Hall–Kier alpha value is 0.260. The third-order valence-corrected chi connectivity index (χ3v) is 5.13. The lowest BCUT2D eigenvalue weighted by Gasteiger charge is -2.10. The summed E-state index contributed by atoms with van der Waals surface area (Å²) >= 11 is 1.74. The third kappa shape index (κ3) is 7.52. The molecule has 0 aromatic heterocycles. The van der Waals surface area contributed by atoms with Gasteiger partial charge in [0.2, 0.25) is 0 Å². The van der Waals surface area contributed by atoms with Crippen molar-refractivity contribution in [3.8, 4) is 0 Å². The molecule has 0 aromatic rings. The van der Waals surface area contributed by atoms with E-state index in [4.69, 9.17) is 0 Å². The van der Waals surface area contributed by atoms with Crippen LogP contribution in [0.3, 0.4) is 0 Å². The van der Waals surface area contributed by atoms with Crippen molar-refractivity contribution in [1.82, 2.24) is 5.32 Å². The van der Waals surface area contributed by atoms with Crippen LogP contribution in [-0.4, -0.2) is 44.5 Å². The Bertz CT molecular complexity index is 272. The zero-order valence-electron chi connectivity index (χ0n) is 10.1. The Labute approximate surface area is 104 Å². The molecule has 0 radical (unpaired) electrons. The van der Waals surface area contributed by atoms with Crippen molar-refractivity contribution in [1.29, 1.82) is 0 Å². The summed E-state index contributed by atoms with van der Waals surface area (Å²) in [5.74, 6) is 2.12. The summed E-state index contributed by atoms with van der Waals surface area (Å²) in [7, 11) is -2.77. The molecule has 0 amide bonds. The van der Waals surface area contributed by atoms with E-state index in [9.17, 15) is 8.42 Å². The highest BCUT2D eigenvalue weighted by Gasteiger charge is 2.13. The first kappa shape index (κ1) is 14.3. The van der Waals surface area contributed by atoms with Gasteiger partial charge in [0.15, 0.2) is 0 Å². The van der Waals surface area contributed by atoms with Crippen LogP contribution in [0.4, 0.5) is 0 Å². The van der Waals surface area contributed by atoms with Crippen LogP contribution in [-0.2, 0) is 9.84 Å². The molecule has 1 rings (SSSR count). The Morgan fingerprint density at radius 3 is 2.56 bits per heavy atom. The van der Waals surface area contributed by atoms with E-state index in [1.54, 1.807) is 11.8 Å². The smallest absolute Gasteiger partial charge is 0.148 e. The molecule has 16 heavy (non-hydrogen) atoms. The first-order chi connectivity index (χ1) is 7.58. The van der Waals surface area contributed by atoms with Crippen LogP contribution in [0.1, 0.15) is 32.1 Å². The molecule has 0 heterocycles. The standard InChI is InChI=1S/C11H23NO2S2/c1-16(13,14)10-9-15-8-4-7-12-11-5-2-3-6-11/h11-12H,2-10H2,1H3. The Kier molecular flexibility index (Phi) is 6.77. The minimum absolute atomic E-state index is 0.313. The van der Waals surface area contributed by atoms with Gasteiger partial charge in [0.05, 0.1) is 5.75 Å². The first-order valence-corrected chi connectivity index (χ1v) is 9.28. The molecule has 1 aliphatic carbocycles. The SMILES string of the molecule is CS(=O)(=O)CCSCCCNC1CCCC1. The van der Waals surface area contributed by atoms with E-state index < -0.39 is 9.84 Å². The lowest BCUT2D eigenvalue weighted by atomic mass is 10.2. The first-order valence-electron chi connectivity index (χ1n) is 6.07. The predicted molar refractivity (Wildman–Crippen MR) is 71.9 cm³/mol. The van der Waals surface area contributed by atoms with E-state index in [1.165, 1.54) is 31.9 Å². The van der Waals surface area contributed by atoms with Gasteiger partial charge in [-0.3, -0.25) is 0 Å². The normalized spacial score (nSPS) is 18.1. The zero-order valence-corrected chi connectivity index (χ0v) is 11.7. The maximum atomic E-state index is 10.9. The lowest BCUT2D eigenvalue weighted by Crippen LogP contribution is -2.27. The molecule has 0 bridgehead atoms. The van der Waals surface area contributed by atoms with Crippen molar-refractivity contribution < 1.29 is 8.42 Å². The highest BCUT2D eigenvalue weighted by atomic mass is 32.2. The summed E-state index contributed by atoms with van der Waals surface area (Å²) in [4.78, 5) is 0. The summed E-state index contributed by atoms with van der Waals surface area (Å²) in [5.41, 5.74) is 0. The third-order valence-electron chi connectivity index (χ3n) is 2.85. The van der Waals surface area contributed by atoms with Crippen molar-refractivity contribution >= 4 is 21.6 Å². The van der Waals surface area contributed by atoms with Crippen molar-refractivity contribution in [2.75, 3.05) is 30.1 Å². The summed E-state index contributed by atoms with van der Waals surface area (Å²) in [6.45, 7) is 1.08. The second-order valence-corrected chi connectivity index (χ2v) is 8.02. The summed E-state index contributed by atoms with van der Waals surface area (Å²) < 4.78 is 21.7. The average Bonchev–Trinajstić information content (AvgIpc) is 2.67. The van der Waals surface area contributed by atoms with Gasteiger partial charge in [-0.25, -0.2) is 8.42 Å². The average molecular weight is 265 g/mol. The quantitative estimate of drug-likeness (QED) is 0.678. The van der Waals surface area contributed by atoms with E-state index in [0.29, 0.717) is 5.75 Å². The highest BCUT2D eigenvalue weighted by Crippen LogP contribution is 2.17. The lowest BCUT2D eigenvalue weighted by molar-refractivity contribution is 0.525. The van der Waals surface area contributed by atoms with Crippen LogP contribution in [0.5, 0.6) is 0 Å². The highest BCUT2D eigenvalue weighted by molar-refractivity contribution is 8.00. The van der Waals surface area contributed by atoms with Crippen molar-refractivity contribution in [2.24, 2.45) is 0 Å². The van der Waals surface area contributed by atoms with E-state index >= 15 is 0 Å². The number of hydrogen-bond acceptors (Lipinski definition) is 4. The fraction of sp³-hybridized carbons (Fsp3) is 1.00. The van der Waals surface area contributed by atoms with E-state index in [0.717, 1.165) is 30.5 Å². The fourth-order valence-corrected chi connectivity index (χ4v) is 4.16. The maximum Gasteiger partial charge on any atom is 0.148 e. The van der Waals surface area contributed by atoms with Crippen molar-refractivity contribution in [2.45, 2.75) is 38.1 Å². The van der Waals surface area contributed by atoms with Crippen LogP contribution in [0.25, 0.3) is 0 Å². The van der Waals surface area contributed by atoms with Gasteiger partial charge in [-0.05, 0) is 31.6 Å². The van der Waals surface area contributed by atoms with E-state index in [-0.39, 0.29) is 0 Å². The van der Waals surface area contributed by atoms with Crippen LogP contribution in [0.2, 0.25) is 0 Å². The summed E-state index contributed by atoms with van der Waals surface area (Å²) in [6, 6.07) is 0.751. The number of rotatable bonds is 8. The fourth-order valence-electron chi connectivity index (χ4n) is 1.92. The molecule has 1 fully saturated rings. The van der Waals surface area contributed by atoms with Gasteiger partial charge in [-0.2, -0.15) is 11.8 Å². The van der Waals surface area contributed by atoms with Gasteiger partial charge in [0.1, 0.15) is 9.84 Å². The molecule has 96 valence electrons. The molecule has 0 atom stereocenters. The molecular formula is C11H23NO2S2. The monoisotopic (exact) mass is 265 g/mol.